The Balaban J connectivity index is 1.45. The number of hydrogen-bond donors (Lipinski definition) is 3. The van der Waals surface area contributed by atoms with Gasteiger partial charge in [-0.05, 0) is 33.0 Å². The van der Waals surface area contributed by atoms with E-state index in [-0.39, 0.29) is 0 Å². The van der Waals surface area contributed by atoms with Gasteiger partial charge in [0.25, 0.3) is 0 Å². The van der Waals surface area contributed by atoms with E-state index in [1.54, 1.807) is 0 Å². The Morgan fingerprint density at radius 3 is 2.19 bits per heavy atom. The van der Waals surface area contributed by atoms with Crippen molar-refractivity contribution >= 4 is 0 Å². The van der Waals surface area contributed by atoms with Crippen molar-refractivity contribution < 1.29 is 0 Å². The summed E-state index contributed by atoms with van der Waals surface area (Å²) in [7, 11) is 2.20. The van der Waals surface area contributed by atoms with Crippen LogP contribution in [0.1, 0.15) is 12.8 Å². The summed E-state index contributed by atoms with van der Waals surface area (Å²) in [6.45, 7) is 6.59. The number of nitrogens with two attached hydrogens (primary N) is 1. The van der Waals surface area contributed by atoms with Crippen LogP contribution in [0.25, 0.3) is 0 Å². The average Bonchev–Trinajstić information content (AvgIpc) is 2.24. The summed E-state index contributed by atoms with van der Waals surface area (Å²) < 4.78 is 0. The molecule has 5 nitrogen and oxygen atoms in total. The Labute approximate surface area is 98.3 Å². The summed E-state index contributed by atoms with van der Waals surface area (Å²) in [6, 6.07) is 1.34. The van der Waals surface area contributed by atoms with Crippen molar-refractivity contribution in [3.05, 3.63) is 0 Å². The molecule has 0 spiro atoms. The fraction of sp³-hybridized carbons (Fsp3) is 1.00. The molecule has 0 radical (unpaired) electrons. The maximum atomic E-state index is 5.58. The van der Waals surface area contributed by atoms with Gasteiger partial charge in [0.1, 0.15) is 0 Å². The fourth-order valence-electron chi connectivity index (χ4n) is 2.41. The van der Waals surface area contributed by atoms with Crippen LogP contribution in [0, 0.1) is 0 Å². The largest absolute Gasteiger partial charge is 0.313 e. The highest BCUT2D eigenvalue weighted by Gasteiger charge is 2.22. The van der Waals surface area contributed by atoms with Crippen molar-refractivity contribution in [2.75, 3.05) is 46.3 Å². The lowest BCUT2D eigenvalue weighted by atomic mass is 10.1. The molecule has 5 heteroatoms. The second kappa shape index (κ2) is 5.93. The molecule has 0 amide bonds. The number of nitrogens with one attached hydrogen (secondary N) is 2. The predicted octanol–water partition coefficient (Wildman–Crippen LogP) is -1.18. The van der Waals surface area contributed by atoms with Gasteiger partial charge in [0.05, 0.1) is 0 Å². The van der Waals surface area contributed by atoms with Gasteiger partial charge in [0.2, 0.25) is 0 Å². The van der Waals surface area contributed by atoms with E-state index in [4.69, 9.17) is 5.84 Å². The molecule has 16 heavy (non-hydrogen) atoms. The lowest BCUT2D eigenvalue weighted by Crippen LogP contribution is -2.61. The van der Waals surface area contributed by atoms with Crippen LogP contribution in [-0.2, 0) is 0 Å². The van der Waals surface area contributed by atoms with Crippen molar-refractivity contribution in [1.29, 1.82) is 0 Å². The molecule has 0 atom stereocenters. The van der Waals surface area contributed by atoms with Crippen LogP contribution in [0.3, 0.4) is 0 Å². The Kier molecular flexibility index (Phi) is 4.55. The van der Waals surface area contributed by atoms with Crippen molar-refractivity contribution in [1.82, 2.24) is 20.5 Å². The van der Waals surface area contributed by atoms with E-state index in [0.29, 0.717) is 6.04 Å². The number of rotatable bonds is 5. The van der Waals surface area contributed by atoms with Crippen LogP contribution >= 0.6 is 0 Å². The first-order chi connectivity index (χ1) is 7.74. The van der Waals surface area contributed by atoms with Gasteiger partial charge in [-0.2, -0.15) is 0 Å². The first-order valence-corrected chi connectivity index (χ1v) is 6.39. The van der Waals surface area contributed by atoms with Crippen LogP contribution in [0.4, 0.5) is 0 Å². The minimum Gasteiger partial charge on any atom is -0.313 e. The lowest BCUT2D eigenvalue weighted by Gasteiger charge is -2.36. The van der Waals surface area contributed by atoms with Gasteiger partial charge in [-0.15, -0.1) is 0 Å². The molecule has 2 rings (SSSR count). The molecule has 0 aliphatic carbocycles. The highest BCUT2D eigenvalue weighted by Crippen LogP contribution is 2.07. The van der Waals surface area contributed by atoms with Gasteiger partial charge in [-0.3, -0.25) is 5.84 Å². The molecule has 0 aromatic rings. The fourth-order valence-corrected chi connectivity index (χ4v) is 2.41. The standard InChI is InChI=1S/C11H25N5/c1-15-6-2-10(3-7-15)13-4-5-14-11-8-16(12)9-11/h10-11,13-14H,2-9,12H2,1H3. The zero-order valence-electron chi connectivity index (χ0n) is 10.3. The summed E-state index contributed by atoms with van der Waals surface area (Å²) in [5.74, 6) is 5.58. The highest BCUT2D eigenvalue weighted by atomic mass is 15.5. The molecule has 0 bridgehead atoms. The second-order valence-electron chi connectivity index (χ2n) is 5.14. The van der Waals surface area contributed by atoms with Crippen LogP contribution in [-0.4, -0.2) is 68.3 Å². The maximum absolute atomic E-state index is 5.58. The third-order valence-electron chi connectivity index (χ3n) is 3.62. The molecule has 0 aromatic heterocycles. The Bertz CT molecular complexity index is 197. The Morgan fingerprint density at radius 2 is 1.62 bits per heavy atom. The minimum absolute atomic E-state index is 0.615. The predicted molar refractivity (Wildman–Crippen MR) is 66.1 cm³/mol. The summed E-state index contributed by atoms with van der Waals surface area (Å²) in [6.07, 6.45) is 2.58. The van der Waals surface area contributed by atoms with Gasteiger partial charge >= 0.3 is 0 Å². The zero-order valence-corrected chi connectivity index (χ0v) is 10.3. The SMILES string of the molecule is CN1CCC(NCCNC2CN(N)C2)CC1. The highest BCUT2D eigenvalue weighted by molar-refractivity contribution is 4.82. The number of nitrogens with zero attached hydrogens (tertiary/aromatic N) is 2. The van der Waals surface area contributed by atoms with Crippen LogP contribution in [0.5, 0.6) is 0 Å². The van der Waals surface area contributed by atoms with E-state index in [1.165, 1.54) is 25.9 Å². The van der Waals surface area contributed by atoms with E-state index >= 15 is 0 Å². The van der Waals surface area contributed by atoms with Gasteiger partial charge < -0.3 is 15.5 Å². The smallest absolute Gasteiger partial charge is 0.0351 e. The van der Waals surface area contributed by atoms with Crippen molar-refractivity contribution in [2.45, 2.75) is 24.9 Å². The van der Waals surface area contributed by atoms with Crippen LogP contribution in [0.15, 0.2) is 0 Å². The molecular weight excluding hydrogens is 202 g/mol. The van der Waals surface area contributed by atoms with E-state index in [0.717, 1.165) is 32.2 Å². The first-order valence-electron chi connectivity index (χ1n) is 6.39. The summed E-state index contributed by atoms with van der Waals surface area (Å²) in [5.41, 5.74) is 0. The summed E-state index contributed by atoms with van der Waals surface area (Å²) in [4.78, 5) is 2.40. The second-order valence-corrected chi connectivity index (χ2v) is 5.14. The van der Waals surface area contributed by atoms with Gasteiger partial charge in [-0.1, -0.05) is 0 Å². The molecule has 2 aliphatic heterocycles. The quantitative estimate of drug-likeness (QED) is 0.408. The maximum Gasteiger partial charge on any atom is 0.0351 e. The third kappa shape index (κ3) is 3.68. The summed E-state index contributed by atoms with van der Waals surface area (Å²) in [5, 5.41) is 8.98. The van der Waals surface area contributed by atoms with Gasteiger partial charge in [0, 0.05) is 38.3 Å². The molecule has 2 saturated heterocycles. The topological polar surface area (TPSA) is 56.6 Å². The third-order valence-corrected chi connectivity index (χ3v) is 3.62. The molecule has 2 heterocycles. The number of hydrogen-bond acceptors (Lipinski definition) is 5. The van der Waals surface area contributed by atoms with E-state index in [1.807, 2.05) is 5.01 Å². The molecule has 0 aromatic carbocycles. The van der Waals surface area contributed by atoms with Crippen molar-refractivity contribution in [3.8, 4) is 0 Å². The molecule has 94 valence electrons. The van der Waals surface area contributed by atoms with Crippen LogP contribution in [0.2, 0.25) is 0 Å². The van der Waals surface area contributed by atoms with Gasteiger partial charge in [0.15, 0.2) is 0 Å². The van der Waals surface area contributed by atoms with E-state index < -0.39 is 0 Å². The molecular formula is C11H25N5. The lowest BCUT2D eigenvalue weighted by molar-refractivity contribution is 0.128. The number of piperidine rings is 1. The molecule has 4 N–H and O–H groups in total. The Morgan fingerprint density at radius 1 is 1.06 bits per heavy atom. The number of likely N-dealkylation sites (tertiary alicyclic amines) is 1. The monoisotopic (exact) mass is 227 g/mol. The van der Waals surface area contributed by atoms with Crippen molar-refractivity contribution in [3.63, 3.8) is 0 Å². The summed E-state index contributed by atoms with van der Waals surface area (Å²) >= 11 is 0. The van der Waals surface area contributed by atoms with E-state index in [9.17, 15) is 0 Å². The van der Waals surface area contributed by atoms with Gasteiger partial charge in [-0.25, -0.2) is 5.01 Å². The van der Waals surface area contributed by atoms with Crippen molar-refractivity contribution in [2.24, 2.45) is 5.84 Å². The molecule has 0 unspecified atom stereocenters. The number of hydrazine groups is 1. The minimum atomic E-state index is 0.615. The molecule has 2 fully saturated rings. The first kappa shape index (κ1) is 12.3. The Hall–Kier alpha value is -0.200. The molecule has 0 saturated carbocycles. The molecule has 2 aliphatic rings. The van der Waals surface area contributed by atoms with E-state index in [2.05, 4.69) is 22.6 Å². The normalized spacial score (nSPS) is 25.9. The average molecular weight is 227 g/mol. The van der Waals surface area contributed by atoms with Crippen LogP contribution < -0.4 is 16.5 Å². The zero-order chi connectivity index (χ0) is 11.4.